The zero-order chi connectivity index (χ0) is 12.3. The summed E-state index contributed by atoms with van der Waals surface area (Å²) in [6.45, 7) is 0.0675. The Morgan fingerprint density at radius 3 is 3.12 bits per heavy atom. The largest absolute Gasteiger partial charge is 0.445 e. The molecule has 2 aromatic rings. The van der Waals surface area contributed by atoms with Crippen molar-refractivity contribution in [3.63, 3.8) is 0 Å². The SMILES string of the molecule is CNC(=O)OCc1cnc2cccnc2c1Cl. The minimum atomic E-state index is -0.512. The monoisotopic (exact) mass is 251 g/mol. The van der Waals surface area contributed by atoms with Crippen LogP contribution in [0.4, 0.5) is 4.79 Å². The first-order chi connectivity index (χ1) is 8.22. The average molecular weight is 252 g/mol. The van der Waals surface area contributed by atoms with Crippen LogP contribution in [-0.2, 0) is 11.3 Å². The molecule has 0 saturated carbocycles. The molecule has 5 nitrogen and oxygen atoms in total. The van der Waals surface area contributed by atoms with Crippen LogP contribution in [0.25, 0.3) is 11.0 Å². The number of pyridine rings is 2. The molecule has 0 aliphatic rings. The number of aromatic nitrogens is 2. The maximum atomic E-state index is 10.9. The maximum absolute atomic E-state index is 10.9. The molecule has 0 aliphatic carbocycles. The quantitative estimate of drug-likeness (QED) is 0.888. The summed E-state index contributed by atoms with van der Waals surface area (Å²) in [6.07, 6.45) is 2.70. The van der Waals surface area contributed by atoms with Crippen molar-refractivity contribution >= 4 is 28.7 Å². The third-order valence-corrected chi connectivity index (χ3v) is 2.62. The van der Waals surface area contributed by atoms with Crippen molar-refractivity contribution in [1.82, 2.24) is 15.3 Å². The molecule has 0 spiro atoms. The van der Waals surface area contributed by atoms with Gasteiger partial charge in [-0.15, -0.1) is 0 Å². The lowest BCUT2D eigenvalue weighted by Crippen LogP contribution is -2.19. The van der Waals surface area contributed by atoms with Gasteiger partial charge in [0.15, 0.2) is 0 Å². The Balaban J connectivity index is 2.29. The van der Waals surface area contributed by atoms with E-state index < -0.39 is 6.09 Å². The maximum Gasteiger partial charge on any atom is 0.407 e. The van der Waals surface area contributed by atoms with Crippen LogP contribution in [0, 0.1) is 0 Å². The van der Waals surface area contributed by atoms with Crippen LogP contribution in [0.3, 0.4) is 0 Å². The van der Waals surface area contributed by atoms with Gasteiger partial charge in [0.1, 0.15) is 12.1 Å². The predicted molar refractivity (Wildman–Crippen MR) is 63.8 cm³/mol. The minimum Gasteiger partial charge on any atom is -0.445 e. The van der Waals surface area contributed by atoms with Crippen molar-refractivity contribution in [2.75, 3.05) is 7.05 Å². The standard InChI is InChI=1S/C11H10ClN3O2/c1-13-11(16)17-6-7-5-15-8-3-2-4-14-10(8)9(7)12/h2-5H,6H2,1H3,(H,13,16). The molecule has 0 unspecified atom stereocenters. The summed E-state index contributed by atoms with van der Waals surface area (Å²) in [4.78, 5) is 19.3. The van der Waals surface area contributed by atoms with Gasteiger partial charge in [0.25, 0.3) is 0 Å². The molecule has 0 fully saturated rings. The number of amides is 1. The van der Waals surface area contributed by atoms with Crippen LogP contribution in [0.1, 0.15) is 5.56 Å². The first-order valence-electron chi connectivity index (χ1n) is 4.95. The van der Waals surface area contributed by atoms with E-state index in [2.05, 4.69) is 15.3 Å². The Hall–Kier alpha value is -1.88. The van der Waals surface area contributed by atoms with E-state index >= 15 is 0 Å². The van der Waals surface area contributed by atoms with Crippen molar-refractivity contribution < 1.29 is 9.53 Å². The minimum absolute atomic E-state index is 0.0675. The van der Waals surface area contributed by atoms with Crippen molar-refractivity contribution in [2.45, 2.75) is 6.61 Å². The highest BCUT2D eigenvalue weighted by atomic mass is 35.5. The van der Waals surface area contributed by atoms with Gasteiger partial charge in [-0.05, 0) is 12.1 Å². The predicted octanol–water partition coefficient (Wildman–Crippen LogP) is 2.14. The molecule has 0 atom stereocenters. The van der Waals surface area contributed by atoms with Gasteiger partial charge in [0.05, 0.1) is 10.5 Å². The molecule has 0 aliphatic heterocycles. The number of carbonyl (C=O) groups excluding carboxylic acids is 1. The van der Waals surface area contributed by atoms with E-state index in [4.69, 9.17) is 16.3 Å². The highest BCUT2D eigenvalue weighted by Gasteiger charge is 2.09. The Morgan fingerprint density at radius 1 is 1.53 bits per heavy atom. The summed E-state index contributed by atoms with van der Waals surface area (Å²) in [6, 6.07) is 3.60. The summed E-state index contributed by atoms with van der Waals surface area (Å²) in [7, 11) is 1.49. The summed E-state index contributed by atoms with van der Waals surface area (Å²) in [5.74, 6) is 0. The number of carbonyl (C=O) groups is 1. The molecule has 0 radical (unpaired) electrons. The summed E-state index contributed by atoms with van der Waals surface area (Å²) in [5, 5.41) is 2.81. The third kappa shape index (κ3) is 2.45. The van der Waals surface area contributed by atoms with Gasteiger partial charge >= 0.3 is 6.09 Å². The third-order valence-electron chi connectivity index (χ3n) is 2.20. The van der Waals surface area contributed by atoms with Crippen molar-refractivity contribution in [2.24, 2.45) is 0 Å². The second-order valence-electron chi connectivity index (χ2n) is 3.29. The van der Waals surface area contributed by atoms with Gasteiger partial charge in [-0.3, -0.25) is 9.97 Å². The van der Waals surface area contributed by atoms with Crippen molar-refractivity contribution in [3.8, 4) is 0 Å². The number of nitrogens with one attached hydrogen (secondary N) is 1. The number of nitrogens with zero attached hydrogens (tertiary/aromatic N) is 2. The smallest absolute Gasteiger partial charge is 0.407 e. The second-order valence-corrected chi connectivity index (χ2v) is 3.67. The normalized spacial score (nSPS) is 10.2. The lowest BCUT2D eigenvalue weighted by atomic mass is 10.2. The fraction of sp³-hybridized carbons (Fsp3) is 0.182. The van der Waals surface area contributed by atoms with Crippen LogP contribution in [-0.4, -0.2) is 23.1 Å². The Kier molecular flexibility index (Phi) is 3.39. The molecule has 2 heterocycles. The van der Waals surface area contributed by atoms with E-state index in [1.54, 1.807) is 18.5 Å². The molecule has 17 heavy (non-hydrogen) atoms. The number of hydrogen-bond donors (Lipinski definition) is 1. The zero-order valence-corrected chi connectivity index (χ0v) is 9.86. The number of alkyl carbamates (subject to hydrolysis) is 1. The highest BCUT2D eigenvalue weighted by molar-refractivity contribution is 6.35. The molecule has 2 aromatic heterocycles. The first kappa shape index (κ1) is 11.6. The van der Waals surface area contributed by atoms with Gasteiger partial charge in [0.2, 0.25) is 0 Å². The van der Waals surface area contributed by atoms with E-state index in [0.717, 1.165) is 0 Å². The number of fused-ring (bicyclic) bond motifs is 1. The number of hydrogen-bond acceptors (Lipinski definition) is 4. The van der Waals surface area contributed by atoms with Gasteiger partial charge < -0.3 is 10.1 Å². The summed E-state index contributed by atoms with van der Waals surface area (Å²) < 4.78 is 4.90. The Morgan fingerprint density at radius 2 is 2.35 bits per heavy atom. The second kappa shape index (κ2) is 4.97. The molecule has 1 N–H and O–H groups in total. The van der Waals surface area contributed by atoms with Gasteiger partial charge in [-0.2, -0.15) is 0 Å². The van der Waals surface area contributed by atoms with E-state index in [9.17, 15) is 4.79 Å². The molecule has 0 bridgehead atoms. The molecule has 6 heteroatoms. The molecule has 2 rings (SSSR count). The topological polar surface area (TPSA) is 64.1 Å². The lowest BCUT2D eigenvalue weighted by Gasteiger charge is -2.07. The highest BCUT2D eigenvalue weighted by Crippen LogP contribution is 2.23. The molecule has 88 valence electrons. The zero-order valence-electron chi connectivity index (χ0n) is 9.11. The molecule has 0 saturated heterocycles. The number of ether oxygens (including phenoxy) is 1. The van der Waals surface area contributed by atoms with Crippen LogP contribution < -0.4 is 5.32 Å². The molecule has 0 aromatic carbocycles. The van der Waals surface area contributed by atoms with Crippen LogP contribution in [0.15, 0.2) is 24.5 Å². The van der Waals surface area contributed by atoms with Crippen LogP contribution >= 0.6 is 11.6 Å². The van der Waals surface area contributed by atoms with Crippen LogP contribution in [0.2, 0.25) is 5.02 Å². The van der Waals surface area contributed by atoms with Gasteiger partial charge in [-0.25, -0.2) is 4.79 Å². The van der Waals surface area contributed by atoms with E-state index in [1.165, 1.54) is 7.05 Å². The van der Waals surface area contributed by atoms with E-state index in [0.29, 0.717) is 21.6 Å². The molecule has 1 amide bonds. The van der Waals surface area contributed by atoms with Crippen molar-refractivity contribution in [1.29, 1.82) is 0 Å². The van der Waals surface area contributed by atoms with Crippen molar-refractivity contribution in [3.05, 3.63) is 35.1 Å². The summed E-state index contributed by atoms with van der Waals surface area (Å²) >= 11 is 6.15. The number of rotatable bonds is 2. The fourth-order valence-electron chi connectivity index (χ4n) is 1.34. The average Bonchev–Trinajstić information content (AvgIpc) is 2.38. The Labute approximate surface area is 103 Å². The van der Waals surface area contributed by atoms with E-state index in [-0.39, 0.29) is 6.61 Å². The Bertz CT molecular complexity index is 559. The van der Waals surface area contributed by atoms with Crippen LogP contribution in [0.5, 0.6) is 0 Å². The van der Waals surface area contributed by atoms with Gasteiger partial charge in [0, 0.05) is 25.0 Å². The fourth-order valence-corrected chi connectivity index (χ4v) is 1.59. The molecular weight excluding hydrogens is 242 g/mol. The summed E-state index contributed by atoms with van der Waals surface area (Å²) in [5.41, 5.74) is 1.94. The lowest BCUT2D eigenvalue weighted by molar-refractivity contribution is 0.142. The van der Waals surface area contributed by atoms with Gasteiger partial charge in [-0.1, -0.05) is 11.6 Å². The first-order valence-corrected chi connectivity index (χ1v) is 5.33. The van der Waals surface area contributed by atoms with E-state index in [1.807, 2.05) is 6.07 Å². The molecular formula is C11H10ClN3O2. The number of halogens is 1.